The molecule has 8 rings (SSSR count). The first-order valence-corrected chi connectivity index (χ1v) is 16.3. The summed E-state index contributed by atoms with van der Waals surface area (Å²) in [4.78, 5) is 9.07. The Morgan fingerprint density at radius 3 is 2.16 bits per heavy atom. The number of aromatic nitrogens is 2. The molecule has 3 aromatic heterocycles. The van der Waals surface area contributed by atoms with E-state index in [9.17, 15) is 4.39 Å². The summed E-state index contributed by atoms with van der Waals surface area (Å²) in [5.41, 5.74) is 12.0. The van der Waals surface area contributed by atoms with Crippen LogP contribution < -0.4 is 0 Å². The molecule has 5 heteroatoms. The van der Waals surface area contributed by atoms with Gasteiger partial charge in [0.1, 0.15) is 11.4 Å². The van der Waals surface area contributed by atoms with Crippen molar-refractivity contribution >= 4 is 21.9 Å². The molecule has 0 unspecified atom stereocenters. The number of aryl methyl sites for hydroxylation is 2. The molecule has 0 fully saturated rings. The van der Waals surface area contributed by atoms with Crippen molar-refractivity contribution in [3.8, 4) is 33.6 Å². The molecule has 50 heavy (non-hydrogen) atoms. The minimum atomic E-state index is -0.232. The van der Waals surface area contributed by atoms with Crippen LogP contribution in [0.4, 0.5) is 4.39 Å². The van der Waals surface area contributed by atoms with Crippen LogP contribution in [0.5, 0.6) is 0 Å². The summed E-state index contributed by atoms with van der Waals surface area (Å²) >= 11 is 0. The number of fused-ring (bicyclic) bond motifs is 3. The fourth-order valence-electron chi connectivity index (χ4n) is 6.08. The van der Waals surface area contributed by atoms with Crippen molar-refractivity contribution < 1.29 is 28.9 Å². The van der Waals surface area contributed by atoms with E-state index in [2.05, 4.69) is 110 Å². The molecule has 0 saturated heterocycles. The monoisotopic (exact) mass is 831 g/mol. The topological polar surface area (TPSA) is 38.9 Å². The van der Waals surface area contributed by atoms with Gasteiger partial charge < -0.3 is 14.4 Å². The summed E-state index contributed by atoms with van der Waals surface area (Å²) in [5, 5.41) is 2.25. The quantitative estimate of drug-likeness (QED) is 0.162. The Hall–Kier alpha value is -5.22. The van der Waals surface area contributed by atoms with Crippen molar-refractivity contribution in [2.45, 2.75) is 33.1 Å². The smallest absolute Gasteiger partial charge is 0.123 e. The van der Waals surface area contributed by atoms with E-state index < -0.39 is 0 Å². The molecule has 3 heterocycles. The van der Waals surface area contributed by atoms with Gasteiger partial charge in [-0.1, -0.05) is 97.6 Å². The molecule has 5 aromatic carbocycles. The predicted octanol–water partition coefficient (Wildman–Crippen LogP) is 11.7. The Morgan fingerprint density at radius 1 is 0.640 bits per heavy atom. The average Bonchev–Trinajstić information content (AvgIpc) is 3.51. The van der Waals surface area contributed by atoms with Crippen LogP contribution in [0.1, 0.15) is 36.1 Å². The number of pyridine rings is 2. The first-order valence-electron chi connectivity index (χ1n) is 16.3. The van der Waals surface area contributed by atoms with Gasteiger partial charge in [0, 0.05) is 43.3 Å². The Morgan fingerprint density at radius 2 is 1.40 bits per heavy atom. The summed E-state index contributed by atoms with van der Waals surface area (Å²) in [5.74, 6) is -0.232. The van der Waals surface area contributed by atoms with Crippen molar-refractivity contribution in [3.63, 3.8) is 0 Å². The van der Waals surface area contributed by atoms with Crippen molar-refractivity contribution in [3.05, 3.63) is 180 Å². The molecule has 0 aliphatic rings. The Balaban J connectivity index is 0.000000176. The van der Waals surface area contributed by atoms with E-state index in [-0.39, 0.29) is 31.3 Å². The van der Waals surface area contributed by atoms with Gasteiger partial charge in [-0.15, -0.1) is 53.6 Å². The molecule has 0 amide bonds. The number of furan rings is 1. The van der Waals surface area contributed by atoms with E-state index in [1.165, 1.54) is 28.8 Å². The Kier molecular flexibility index (Phi) is 10.2. The fourth-order valence-corrected chi connectivity index (χ4v) is 6.08. The third kappa shape index (κ3) is 7.21. The molecule has 0 spiro atoms. The maximum atomic E-state index is 13.2. The first-order chi connectivity index (χ1) is 23.8. The zero-order chi connectivity index (χ0) is 34.0. The van der Waals surface area contributed by atoms with Gasteiger partial charge in [-0.25, -0.2) is 4.39 Å². The molecule has 3 nitrogen and oxygen atoms in total. The maximum Gasteiger partial charge on any atom is 0.123 e. The van der Waals surface area contributed by atoms with Crippen LogP contribution in [-0.2, 0) is 25.5 Å². The van der Waals surface area contributed by atoms with Crippen LogP contribution in [-0.4, -0.2) is 9.97 Å². The Bertz CT molecular complexity index is 2380. The molecule has 0 saturated carbocycles. The summed E-state index contributed by atoms with van der Waals surface area (Å²) in [6, 6.07) is 48.0. The summed E-state index contributed by atoms with van der Waals surface area (Å²) in [7, 11) is 0. The SMILES string of the molecule is CC(C)(c1ccccc1)c1ccnc(-c2[c-]ccc(-c3ccc(F)cc3)c2)c1.Cc1ccc(-c2[c-]ccc3c2oc2cc(C)ccc23)nc1.[Ir]. The van der Waals surface area contributed by atoms with Crippen LogP contribution in [0.25, 0.3) is 55.6 Å². The van der Waals surface area contributed by atoms with E-state index >= 15 is 0 Å². The van der Waals surface area contributed by atoms with Crippen LogP contribution in [0.3, 0.4) is 0 Å². The standard InChI is InChI=1S/C26H21FN.C19H14NO.Ir/c1-26(2,22-9-4-3-5-10-22)23-15-16-28-25(18-23)21-8-6-7-20(17-21)19-11-13-24(27)14-12-19;1-12-6-8-14-15-4-3-5-16(19(15)21-18(14)10-12)17-9-7-13(2)11-20-17;/h3-7,9-18H,1-2H3;3-4,6-11H,1-2H3;/q2*-1;. The molecular formula is C45H35FIrN2O-2. The number of benzene rings is 5. The van der Waals surface area contributed by atoms with Crippen LogP contribution in [0, 0.1) is 31.8 Å². The van der Waals surface area contributed by atoms with Gasteiger partial charge in [0.15, 0.2) is 0 Å². The zero-order valence-corrected chi connectivity index (χ0v) is 30.7. The summed E-state index contributed by atoms with van der Waals surface area (Å²) in [6.45, 7) is 8.55. The predicted molar refractivity (Wildman–Crippen MR) is 198 cm³/mol. The molecular weight excluding hydrogens is 796 g/mol. The van der Waals surface area contributed by atoms with E-state index in [0.29, 0.717) is 0 Å². The third-order valence-corrected chi connectivity index (χ3v) is 8.99. The van der Waals surface area contributed by atoms with Gasteiger partial charge in [0.2, 0.25) is 0 Å². The summed E-state index contributed by atoms with van der Waals surface area (Å²) in [6.07, 6.45) is 3.72. The van der Waals surface area contributed by atoms with E-state index in [1.807, 2.05) is 55.7 Å². The summed E-state index contributed by atoms with van der Waals surface area (Å²) < 4.78 is 19.3. The van der Waals surface area contributed by atoms with E-state index in [4.69, 9.17) is 4.42 Å². The Labute approximate surface area is 306 Å². The molecule has 1 radical (unpaired) electrons. The number of hydrogen-bond donors (Lipinski definition) is 0. The minimum absolute atomic E-state index is 0. The van der Waals surface area contributed by atoms with E-state index in [1.54, 1.807) is 12.1 Å². The molecule has 0 bridgehead atoms. The second kappa shape index (κ2) is 14.7. The minimum Gasteiger partial charge on any atom is -0.501 e. The second-order valence-electron chi connectivity index (χ2n) is 12.8. The molecule has 0 aliphatic heterocycles. The van der Waals surface area contributed by atoms with Crippen molar-refractivity contribution in [2.24, 2.45) is 0 Å². The van der Waals surface area contributed by atoms with Gasteiger partial charge in [-0.05, 0) is 77.3 Å². The van der Waals surface area contributed by atoms with Crippen molar-refractivity contribution in [1.29, 1.82) is 0 Å². The van der Waals surface area contributed by atoms with Crippen molar-refractivity contribution in [2.75, 3.05) is 0 Å². The van der Waals surface area contributed by atoms with Crippen molar-refractivity contribution in [1.82, 2.24) is 9.97 Å². The second-order valence-corrected chi connectivity index (χ2v) is 12.8. The number of nitrogens with zero attached hydrogens (tertiary/aromatic N) is 2. The number of hydrogen-bond acceptors (Lipinski definition) is 3. The van der Waals surface area contributed by atoms with E-state index in [0.717, 1.165) is 61.1 Å². The van der Waals surface area contributed by atoms with Crippen LogP contribution in [0.2, 0.25) is 0 Å². The molecule has 0 atom stereocenters. The molecule has 249 valence electrons. The van der Waals surface area contributed by atoms with Gasteiger partial charge >= 0.3 is 0 Å². The van der Waals surface area contributed by atoms with Gasteiger partial charge in [0.25, 0.3) is 0 Å². The third-order valence-electron chi connectivity index (χ3n) is 8.99. The molecule has 0 N–H and O–H groups in total. The number of halogens is 1. The van der Waals surface area contributed by atoms with Crippen LogP contribution >= 0.6 is 0 Å². The normalized spacial score (nSPS) is 11.1. The van der Waals surface area contributed by atoms with Gasteiger partial charge in [-0.2, -0.15) is 0 Å². The van der Waals surface area contributed by atoms with Crippen LogP contribution in [0.15, 0.2) is 144 Å². The average molecular weight is 831 g/mol. The zero-order valence-electron chi connectivity index (χ0n) is 28.3. The molecule has 0 aliphatic carbocycles. The van der Waals surface area contributed by atoms with Gasteiger partial charge in [0.05, 0.1) is 5.58 Å². The van der Waals surface area contributed by atoms with Gasteiger partial charge in [-0.3, -0.25) is 0 Å². The fraction of sp³-hybridized carbons (Fsp3) is 0.111. The number of rotatable bonds is 5. The molecule has 8 aromatic rings. The first kappa shape index (κ1) is 34.6. The largest absolute Gasteiger partial charge is 0.501 e. The maximum absolute atomic E-state index is 13.2.